The molecular weight excluding hydrogens is 1600 g/mol. The molecule has 2 aliphatic carbocycles. The third kappa shape index (κ3) is 13.8. The van der Waals surface area contributed by atoms with Gasteiger partial charge in [0.25, 0.3) is 0 Å². The minimum Gasteiger partial charge on any atom is -0.457 e. The largest absolute Gasteiger partial charge is 0.494 e. The zero-order valence-electron chi connectivity index (χ0n) is 73.4. The molecule has 18 heteroatoms. The fourth-order valence-electron chi connectivity index (χ4n) is 18.8. The molecule has 0 saturated carbocycles. The number of halogens is 1. The number of ether oxygens (including phenoxy) is 2. The average Bonchev–Trinajstić information content (AvgIpc) is 1.50. The van der Waals surface area contributed by atoms with Gasteiger partial charge in [-0.25, -0.2) is 29.9 Å². The Morgan fingerprint density at radius 1 is 0.211 bits per heavy atom. The topological polar surface area (TPSA) is 151 Å². The van der Waals surface area contributed by atoms with Gasteiger partial charge in [0.05, 0.1) is 44.4 Å². The molecular formula is C110H92B3ClN6O8. The summed E-state index contributed by atoms with van der Waals surface area (Å²) in [5.41, 5.74) is 21.3. The Morgan fingerprint density at radius 3 is 0.836 bits per heavy atom. The molecule has 7 heterocycles. The van der Waals surface area contributed by atoms with E-state index in [9.17, 15) is 0 Å². The van der Waals surface area contributed by atoms with Gasteiger partial charge in [0.15, 0.2) is 34.9 Å². The molecule has 0 radical (unpaired) electrons. The summed E-state index contributed by atoms with van der Waals surface area (Å²) in [7, 11) is -1.45. The number of nitrogens with zero attached hydrogens (tertiary/aromatic N) is 6. The van der Waals surface area contributed by atoms with Crippen molar-refractivity contribution in [3.8, 4) is 136 Å². The minimum atomic E-state index is -0.655. The maximum Gasteiger partial charge on any atom is 0.494 e. The third-order valence-electron chi connectivity index (χ3n) is 27.5. The van der Waals surface area contributed by atoms with Crippen molar-refractivity contribution in [2.75, 3.05) is 0 Å². The van der Waals surface area contributed by atoms with Crippen LogP contribution in [-0.2, 0) is 38.8 Å². The Hall–Kier alpha value is -13.1. The molecule has 2 unspecified atom stereocenters. The first-order valence-electron chi connectivity index (χ1n) is 43.7. The van der Waals surface area contributed by atoms with Gasteiger partial charge in [-0.1, -0.05) is 303 Å². The zero-order chi connectivity index (χ0) is 87.9. The van der Waals surface area contributed by atoms with Gasteiger partial charge >= 0.3 is 21.1 Å². The van der Waals surface area contributed by atoms with Crippen molar-refractivity contribution in [1.82, 2.24) is 29.9 Å². The van der Waals surface area contributed by atoms with Crippen molar-refractivity contribution in [3.05, 3.63) is 389 Å². The van der Waals surface area contributed by atoms with Crippen LogP contribution in [0, 0.1) is 0 Å². The van der Waals surface area contributed by atoms with Crippen LogP contribution in [-0.4, -0.2) is 84.6 Å². The first kappa shape index (κ1) is 82.0. The summed E-state index contributed by atoms with van der Waals surface area (Å²) in [6.07, 6.45) is 0. The normalized spacial score (nSPS) is 18.7. The van der Waals surface area contributed by atoms with E-state index in [2.05, 4.69) is 228 Å². The second-order valence-corrected chi connectivity index (χ2v) is 37.2. The Morgan fingerprint density at radius 2 is 0.477 bits per heavy atom. The molecule has 3 fully saturated rings. The molecule has 2 aromatic heterocycles. The summed E-state index contributed by atoms with van der Waals surface area (Å²) in [4.78, 5) is 29.5. The molecule has 16 aromatic rings. The Kier molecular flexibility index (Phi) is 20.0. The lowest BCUT2D eigenvalue weighted by atomic mass is 9.49. The van der Waals surface area contributed by atoms with Crippen LogP contribution in [0.1, 0.15) is 128 Å². The third-order valence-corrected chi connectivity index (χ3v) is 27.7. The fraction of sp³-hybridized carbons (Fsp3) is 0.182. The van der Waals surface area contributed by atoms with Crippen LogP contribution in [0.3, 0.4) is 0 Å². The molecule has 14 nitrogen and oxygen atoms in total. The van der Waals surface area contributed by atoms with Gasteiger partial charge in [0.2, 0.25) is 0 Å². The SMILES string of the molecule is CC1(C)OB(B2OC(C)(C)C(C)(C)O2)OC1(C)C.CC1(C)OB(c2ccc3c(c2)C2(c4ccccc4Oc4ccc(-c5ccc(-c6nc(-c7ccccc7)nc(-c7ccccc7)n6)cc5)cc42)c2ccccc2-3)OC1(C)C.Clc1ccc2c(c1)C1(c3ccccc3Oc3ccc(-c4ccc(-c5nc(-c6ccccc6)nc(-c6ccccc6)n5)cc4)cc31)c1ccccc1-2. The van der Waals surface area contributed by atoms with Crippen LogP contribution >= 0.6 is 11.6 Å². The number of benzene rings is 14. The Bertz CT molecular complexity index is 6830. The first-order valence-corrected chi connectivity index (χ1v) is 44.1. The predicted octanol–water partition coefficient (Wildman–Crippen LogP) is 25.2. The number of para-hydroxylation sites is 2. The fourth-order valence-corrected chi connectivity index (χ4v) is 18.9. The minimum absolute atomic E-state index is 0.360. The summed E-state index contributed by atoms with van der Waals surface area (Å²) < 4.78 is 50.5. The highest BCUT2D eigenvalue weighted by atomic mass is 35.5. The molecule has 0 N–H and O–H groups in total. The first-order chi connectivity index (χ1) is 61.7. The van der Waals surface area contributed by atoms with Crippen LogP contribution < -0.4 is 14.9 Å². The second kappa shape index (κ2) is 31.2. The molecule has 14 aromatic carbocycles. The van der Waals surface area contributed by atoms with Crippen molar-refractivity contribution in [2.24, 2.45) is 0 Å². The number of hydrogen-bond acceptors (Lipinski definition) is 14. The van der Waals surface area contributed by atoms with E-state index in [0.717, 1.165) is 106 Å². The molecule has 2 spiro atoms. The van der Waals surface area contributed by atoms with E-state index in [0.29, 0.717) is 40.0 Å². The molecule has 23 rings (SSSR count). The predicted molar refractivity (Wildman–Crippen MR) is 511 cm³/mol. The van der Waals surface area contributed by atoms with Crippen LogP contribution in [0.4, 0.5) is 0 Å². The lowest BCUT2D eigenvalue weighted by Gasteiger charge is -2.39. The molecule has 626 valence electrons. The monoisotopic (exact) mass is 1690 g/mol. The van der Waals surface area contributed by atoms with Crippen LogP contribution in [0.5, 0.6) is 23.0 Å². The average molecular weight is 1690 g/mol. The molecule has 2 atom stereocenters. The van der Waals surface area contributed by atoms with E-state index >= 15 is 0 Å². The quantitative estimate of drug-likeness (QED) is 0.119. The van der Waals surface area contributed by atoms with Gasteiger partial charge in [-0.3, -0.25) is 0 Å². The van der Waals surface area contributed by atoms with Crippen molar-refractivity contribution < 1.29 is 37.4 Å². The van der Waals surface area contributed by atoms with E-state index in [4.69, 9.17) is 78.9 Å². The molecule has 7 aliphatic rings. The molecule has 3 saturated heterocycles. The van der Waals surface area contributed by atoms with Gasteiger partial charge in [0.1, 0.15) is 23.0 Å². The number of fused-ring (bicyclic) bond motifs is 18. The number of aromatic nitrogens is 6. The van der Waals surface area contributed by atoms with Crippen LogP contribution in [0.15, 0.2) is 340 Å². The van der Waals surface area contributed by atoms with E-state index in [-0.39, 0.29) is 22.4 Å². The van der Waals surface area contributed by atoms with Gasteiger partial charge in [-0.2, -0.15) is 0 Å². The maximum absolute atomic E-state index is 6.77. The Balaban J connectivity index is 0.000000131. The van der Waals surface area contributed by atoms with Gasteiger partial charge < -0.3 is 37.4 Å². The highest BCUT2D eigenvalue weighted by molar-refractivity contribution is 7.11. The van der Waals surface area contributed by atoms with E-state index < -0.39 is 43.2 Å². The van der Waals surface area contributed by atoms with Crippen molar-refractivity contribution in [2.45, 2.75) is 128 Å². The van der Waals surface area contributed by atoms with Crippen LogP contribution in [0.25, 0.3) is 113 Å². The molecule has 0 amide bonds. The van der Waals surface area contributed by atoms with Crippen molar-refractivity contribution in [1.29, 1.82) is 0 Å². The molecule has 5 aliphatic heterocycles. The zero-order valence-corrected chi connectivity index (χ0v) is 74.1. The lowest BCUT2D eigenvalue weighted by Crippen LogP contribution is -2.41. The molecule has 0 bridgehead atoms. The lowest BCUT2D eigenvalue weighted by molar-refractivity contribution is 0.00578. The van der Waals surface area contributed by atoms with Crippen molar-refractivity contribution in [3.63, 3.8) is 0 Å². The summed E-state index contributed by atoms with van der Waals surface area (Å²) in [5.74, 6) is 7.17. The van der Waals surface area contributed by atoms with Gasteiger partial charge in [-0.05, 0) is 204 Å². The highest BCUT2D eigenvalue weighted by Gasteiger charge is 2.64. The highest BCUT2D eigenvalue weighted by Crippen LogP contribution is 2.65. The Labute approximate surface area is 753 Å². The van der Waals surface area contributed by atoms with E-state index in [1.54, 1.807) is 0 Å². The summed E-state index contributed by atoms with van der Waals surface area (Å²) in [6.45, 7) is 24.6. The number of rotatable bonds is 10. The second-order valence-electron chi connectivity index (χ2n) is 36.8. The number of hydrogen-bond donors (Lipinski definition) is 0. The van der Waals surface area contributed by atoms with E-state index in [1.807, 2.05) is 195 Å². The van der Waals surface area contributed by atoms with E-state index in [1.165, 1.54) is 44.5 Å². The maximum atomic E-state index is 6.77. The van der Waals surface area contributed by atoms with Crippen molar-refractivity contribution >= 4 is 38.2 Å². The summed E-state index contributed by atoms with van der Waals surface area (Å²) in [5, 5.41) is 0.711. The van der Waals surface area contributed by atoms with Gasteiger partial charge in [-0.15, -0.1) is 0 Å². The standard InChI is InChI=1S/C52H40BN3O3.C46H28ClN3O.C12H24B2O4/c1-50(2)51(3,4)59-53(58-50)38-28-29-40-39-19-11-12-20-41(39)52(43(40)32-38)42-21-13-14-22-45(42)57-46-30-27-37(31-44(46)52)33-23-25-36(26-24-33)49-55-47(34-15-7-5-8-16-34)54-48(56-49)35-17-9-6-10-18-35;47-34-24-25-36-35-15-7-8-16-37(35)46(39(36)28-34)38-17-9-10-18-41(38)51-42-26-23-33(27-40(42)46)29-19-21-32(22-20-29)45-49-43(30-11-3-1-4-12-30)48-44(50-45)31-13-5-2-6-14-31;1-9(2)10(3,4)16-13(15-9)14-17-11(5,6)12(7,8)18-14/h5-32H,1-4H3;1-28H;1-8H3. The molecule has 128 heavy (non-hydrogen) atoms. The van der Waals surface area contributed by atoms with Crippen LogP contribution in [0.2, 0.25) is 5.02 Å². The van der Waals surface area contributed by atoms with Gasteiger partial charge in [0, 0.05) is 60.7 Å². The summed E-state index contributed by atoms with van der Waals surface area (Å²) in [6, 6.07) is 118. The smallest absolute Gasteiger partial charge is 0.457 e. The summed E-state index contributed by atoms with van der Waals surface area (Å²) >= 11 is 6.76.